The smallest absolute Gasteiger partial charge is 0.201 e. The van der Waals surface area contributed by atoms with E-state index < -0.39 is 0 Å². The Kier molecular flexibility index (Phi) is 3.44. The number of nitrogens with two attached hydrogens (primary N) is 1. The van der Waals surface area contributed by atoms with Crippen LogP contribution in [0.4, 0.5) is 5.95 Å². The van der Waals surface area contributed by atoms with Crippen LogP contribution in [-0.2, 0) is 0 Å². The third-order valence-electron chi connectivity index (χ3n) is 3.40. The second-order valence-electron chi connectivity index (χ2n) is 4.70. The average molecular weight is 351 g/mol. The summed E-state index contributed by atoms with van der Waals surface area (Å²) in [5.41, 5.74) is 9.08. The number of anilines is 1. The van der Waals surface area contributed by atoms with Crippen molar-refractivity contribution in [2.24, 2.45) is 0 Å². The molecule has 5 heteroatoms. The Hall–Kier alpha value is -1.52. The van der Waals surface area contributed by atoms with Crippen molar-refractivity contribution >= 4 is 44.5 Å². The standard InChI is InChI=1S/C15H13BrClN3/c1-9(10-3-2-4-12(17)7-10)20-14-8-11(16)5-6-13(14)19-15(20)18/h2-9H,1H3,(H2,18,19). The summed E-state index contributed by atoms with van der Waals surface area (Å²) in [6, 6.07) is 13.8. The fraction of sp³-hybridized carbons (Fsp3) is 0.133. The molecule has 102 valence electrons. The predicted octanol–water partition coefficient (Wildman–Crippen LogP) is 4.64. The third-order valence-corrected chi connectivity index (χ3v) is 4.13. The lowest BCUT2D eigenvalue weighted by Gasteiger charge is -2.17. The number of aromatic nitrogens is 2. The molecule has 0 saturated heterocycles. The Bertz CT molecular complexity index is 782. The molecule has 0 aliphatic heterocycles. The molecule has 3 aromatic rings. The van der Waals surface area contributed by atoms with Gasteiger partial charge in [0.1, 0.15) is 0 Å². The van der Waals surface area contributed by atoms with E-state index in [2.05, 4.69) is 27.8 Å². The first-order valence-corrected chi connectivity index (χ1v) is 7.42. The number of rotatable bonds is 2. The number of hydrogen-bond donors (Lipinski definition) is 1. The molecule has 1 aromatic heterocycles. The van der Waals surface area contributed by atoms with Gasteiger partial charge in [0.05, 0.1) is 17.1 Å². The number of imidazole rings is 1. The summed E-state index contributed by atoms with van der Waals surface area (Å²) in [5, 5.41) is 0.721. The number of fused-ring (bicyclic) bond motifs is 1. The van der Waals surface area contributed by atoms with Crippen molar-refractivity contribution in [3.8, 4) is 0 Å². The lowest BCUT2D eigenvalue weighted by atomic mass is 10.1. The van der Waals surface area contributed by atoms with Crippen LogP contribution in [0.5, 0.6) is 0 Å². The highest BCUT2D eigenvalue weighted by atomic mass is 79.9. The maximum Gasteiger partial charge on any atom is 0.201 e. The van der Waals surface area contributed by atoms with Gasteiger partial charge in [-0.25, -0.2) is 4.98 Å². The van der Waals surface area contributed by atoms with Gasteiger partial charge in [-0.2, -0.15) is 0 Å². The van der Waals surface area contributed by atoms with Crippen molar-refractivity contribution in [3.05, 3.63) is 57.5 Å². The molecule has 20 heavy (non-hydrogen) atoms. The van der Waals surface area contributed by atoms with Crippen LogP contribution in [0.1, 0.15) is 18.5 Å². The van der Waals surface area contributed by atoms with Gasteiger partial charge >= 0.3 is 0 Å². The largest absolute Gasteiger partial charge is 0.369 e. The molecule has 3 nitrogen and oxygen atoms in total. The first-order valence-electron chi connectivity index (χ1n) is 6.24. The monoisotopic (exact) mass is 349 g/mol. The second kappa shape index (κ2) is 5.11. The van der Waals surface area contributed by atoms with E-state index in [1.165, 1.54) is 0 Å². The van der Waals surface area contributed by atoms with Crippen molar-refractivity contribution in [1.82, 2.24) is 9.55 Å². The summed E-state index contributed by atoms with van der Waals surface area (Å²) >= 11 is 9.56. The van der Waals surface area contributed by atoms with Gasteiger partial charge < -0.3 is 10.3 Å². The summed E-state index contributed by atoms with van der Waals surface area (Å²) in [7, 11) is 0. The van der Waals surface area contributed by atoms with E-state index in [9.17, 15) is 0 Å². The number of nitrogens with zero attached hydrogens (tertiary/aromatic N) is 2. The fourth-order valence-corrected chi connectivity index (χ4v) is 2.96. The summed E-state index contributed by atoms with van der Waals surface area (Å²) in [4.78, 5) is 4.41. The first-order chi connectivity index (χ1) is 9.56. The zero-order valence-electron chi connectivity index (χ0n) is 10.8. The Balaban J connectivity index is 2.18. The number of halogens is 2. The normalized spacial score (nSPS) is 12.8. The van der Waals surface area contributed by atoms with Crippen molar-refractivity contribution in [2.75, 3.05) is 5.73 Å². The van der Waals surface area contributed by atoms with Crippen LogP contribution in [0.3, 0.4) is 0 Å². The molecule has 2 aromatic carbocycles. The van der Waals surface area contributed by atoms with Crippen LogP contribution < -0.4 is 5.73 Å². The maximum atomic E-state index is 6.08. The van der Waals surface area contributed by atoms with Gasteiger partial charge in [-0.05, 0) is 42.8 Å². The van der Waals surface area contributed by atoms with E-state index in [-0.39, 0.29) is 6.04 Å². The van der Waals surface area contributed by atoms with Gasteiger partial charge in [-0.3, -0.25) is 0 Å². The summed E-state index contributed by atoms with van der Waals surface area (Å²) in [6.07, 6.45) is 0. The topological polar surface area (TPSA) is 43.8 Å². The minimum absolute atomic E-state index is 0.0630. The molecule has 1 atom stereocenters. The van der Waals surface area contributed by atoms with Crippen LogP contribution in [0.2, 0.25) is 5.02 Å². The zero-order chi connectivity index (χ0) is 14.3. The molecule has 0 aliphatic rings. The molecule has 0 fully saturated rings. The van der Waals surface area contributed by atoms with E-state index >= 15 is 0 Å². The lowest BCUT2D eigenvalue weighted by molar-refractivity contribution is 0.668. The molecule has 0 aliphatic carbocycles. The number of hydrogen-bond acceptors (Lipinski definition) is 2. The van der Waals surface area contributed by atoms with Crippen LogP contribution in [-0.4, -0.2) is 9.55 Å². The Morgan fingerprint density at radius 3 is 2.80 bits per heavy atom. The number of nitrogen functional groups attached to an aromatic ring is 1. The highest BCUT2D eigenvalue weighted by Gasteiger charge is 2.16. The highest BCUT2D eigenvalue weighted by Crippen LogP contribution is 2.29. The Morgan fingerprint density at radius 2 is 2.05 bits per heavy atom. The van der Waals surface area contributed by atoms with Gasteiger partial charge in [0.25, 0.3) is 0 Å². The van der Waals surface area contributed by atoms with E-state index in [4.69, 9.17) is 17.3 Å². The predicted molar refractivity (Wildman–Crippen MR) is 87.1 cm³/mol. The fourth-order valence-electron chi connectivity index (χ4n) is 2.41. The summed E-state index contributed by atoms with van der Waals surface area (Å²) in [6.45, 7) is 2.09. The first kappa shape index (κ1) is 13.5. The van der Waals surface area contributed by atoms with Gasteiger partial charge in [0.2, 0.25) is 5.95 Å². The van der Waals surface area contributed by atoms with Crippen molar-refractivity contribution in [3.63, 3.8) is 0 Å². The average Bonchev–Trinajstić information content (AvgIpc) is 2.73. The minimum Gasteiger partial charge on any atom is -0.369 e. The third kappa shape index (κ3) is 2.30. The summed E-state index contributed by atoms with van der Waals surface area (Å²) in [5.74, 6) is 0.505. The highest BCUT2D eigenvalue weighted by molar-refractivity contribution is 9.10. The van der Waals surface area contributed by atoms with Gasteiger partial charge in [-0.15, -0.1) is 0 Å². The molecule has 0 spiro atoms. The molecule has 3 rings (SSSR count). The van der Waals surface area contributed by atoms with Crippen LogP contribution in [0.25, 0.3) is 11.0 Å². The van der Waals surface area contributed by atoms with E-state index in [0.29, 0.717) is 5.95 Å². The lowest BCUT2D eigenvalue weighted by Crippen LogP contribution is -2.10. The van der Waals surface area contributed by atoms with E-state index in [1.807, 2.05) is 47.0 Å². The molecule has 0 radical (unpaired) electrons. The molecule has 0 amide bonds. The molecule has 0 bridgehead atoms. The molecule has 1 heterocycles. The molecule has 2 N–H and O–H groups in total. The van der Waals surface area contributed by atoms with E-state index in [1.54, 1.807) is 0 Å². The van der Waals surface area contributed by atoms with Gasteiger partial charge in [0, 0.05) is 9.50 Å². The maximum absolute atomic E-state index is 6.08. The van der Waals surface area contributed by atoms with Crippen molar-refractivity contribution < 1.29 is 0 Å². The van der Waals surface area contributed by atoms with Gasteiger partial charge in [0.15, 0.2) is 0 Å². The number of benzene rings is 2. The quantitative estimate of drug-likeness (QED) is 0.731. The second-order valence-corrected chi connectivity index (χ2v) is 6.06. The van der Waals surface area contributed by atoms with Crippen LogP contribution >= 0.6 is 27.5 Å². The molecular weight excluding hydrogens is 338 g/mol. The Morgan fingerprint density at radius 1 is 1.25 bits per heavy atom. The van der Waals surface area contributed by atoms with Gasteiger partial charge in [-0.1, -0.05) is 39.7 Å². The molecule has 1 unspecified atom stereocenters. The molecule has 0 saturated carbocycles. The van der Waals surface area contributed by atoms with E-state index in [0.717, 1.165) is 26.1 Å². The van der Waals surface area contributed by atoms with Crippen LogP contribution in [0, 0.1) is 0 Å². The zero-order valence-corrected chi connectivity index (χ0v) is 13.2. The van der Waals surface area contributed by atoms with Crippen LogP contribution in [0.15, 0.2) is 46.9 Å². The SMILES string of the molecule is CC(c1cccc(Cl)c1)n1c(N)nc2ccc(Br)cc21. The molecular formula is C15H13BrClN3. The Labute approximate surface area is 130 Å². The van der Waals surface area contributed by atoms with Crippen molar-refractivity contribution in [2.45, 2.75) is 13.0 Å². The van der Waals surface area contributed by atoms with Crippen molar-refractivity contribution in [1.29, 1.82) is 0 Å². The minimum atomic E-state index is 0.0630. The summed E-state index contributed by atoms with van der Waals surface area (Å²) < 4.78 is 3.02.